The van der Waals surface area contributed by atoms with E-state index in [4.69, 9.17) is 14.2 Å². The molecule has 28 heavy (non-hydrogen) atoms. The molecule has 2 N–H and O–H groups in total. The first kappa shape index (κ1) is 21.5. The lowest BCUT2D eigenvalue weighted by atomic mass is 10.2. The summed E-state index contributed by atoms with van der Waals surface area (Å²) in [4.78, 5) is 24.0. The summed E-state index contributed by atoms with van der Waals surface area (Å²) >= 11 is 3.14. The highest BCUT2D eigenvalue weighted by molar-refractivity contribution is 9.10. The van der Waals surface area contributed by atoms with Crippen LogP contribution in [0.5, 0.6) is 17.2 Å². The standard InChI is InChI=1S/C19H20BrFN2O5/c1-11(2)28-16-6-4-12(8-17(16)26-3)19(25)23-22-18(24)10-27-15-7-5-13(21)9-14(15)20/h4-9,11H,10H2,1-3H3,(H,22,24)(H,23,25). The molecule has 0 bridgehead atoms. The number of ether oxygens (including phenoxy) is 3. The van der Waals surface area contributed by atoms with Gasteiger partial charge in [-0.3, -0.25) is 20.4 Å². The molecule has 0 saturated heterocycles. The highest BCUT2D eigenvalue weighted by Crippen LogP contribution is 2.29. The molecule has 2 rings (SSSR count). The summed E-state index contributed by atoms with van der Waals surface area (Å²) in [6.45, 7) is 3.39. The van der Waals surface area contributed by atoms with Crippen LogP contribution in [0, 0.1) is 5.82 Å². The molecule has 0 aliphatic carbocycles. The highest BCUT2D eigenvalue weighted by Gasteiger charge is 2.13. The first-order chi connectivity index (χ1) is 13.3. The van der Waals surface area contributed by atoms with E-state index in [0.717, 1.165) is 0 Å². The van der Waals surface area contributed by atoms with Crippen LogP contribution in [0.3, 0.4) is 0 Å². The van der Waals surface area contributed by atoms with Crippen LogP contribution in [0.1, 0.15) is 24.2 Å². The molecule has 0 aliphatic heterocycles. The van der Waals surface area contributed by atoms with E-state index >= 15 is 0 Å². The number of halogens is 2. The van der Waals surface area contributed by atoms with Gasteiger partial charge in [-0.25, -0.2) is 4.39 Å². The lowest BCUT2D eigenvalue weighted by Gasteiger charge is -2.14. The zero-order valence-electron chi connectivity index (χ0n) is 15.5. The maximum atomic E-state index is 13.0. The molecule has 0 fully saturated rings. The molecule has 7 nitrogen and oxygen atoms in total. The van der Waals surface area contributed by atoms with Crippen molar-refractivity contribution in [3.05, 3.63) is 52.3 Å². The summed E-state index contributed by atoms with van der Waals surface area (Å²) in [5.41, 5.74) is 4.80. The highest BCUT2D eigenvalue weighted by atomic mass is 79.9. The summed E-state index contributed by atoms with van der Waals surface area (Å²) < 4.78 is 29.5. The number of rotatable bonds is 7. The van der Waals surface area contributed by atoms with Crippen LogP contribution >= 0.6 is 15.9 Å². The van der Waals surface area contributed by atoms with Crippen LogP contribution in [0.2, 0.25) is 0 Å². The van der Waals surface area contributed by atoms with Gasteiger partial charge in [0.2, 0.25) is 0 Å². The van der Waals surface area contributed by atoms with Crippen LogP contribution < -0.4 is 25.1 Å². The summed E-state index contributed by atoms with van der Waals surface area (Å²) in [5.74, 6) is -0.347. The van der Waals surface area contributed by atoms with Gasteiger partial charge in [-0.05, 0) is 66.2 Å². The Morgan fingerprint density at radius 3 is 2.43 bits per heavy atom. The summed E-state index contributed by atoms with van der Waals surface area (Å²) in [6.07, 6.45) is -0.0472. The van der Waals surface area contributed by atoms with Crippen molar-refractivity contribution >= 4 is 27.7 Å². The van der Waals surface area contributed by atoms with Gasteiger partial charge in [0.05, 0.1) is 17.7 Å². The first-order valence-corrected chi connectivity index (χ1v) is 9.11. The fraction of sp³-hybridized carbons (Fsp3) is 0.263. The van der Waals surface area contributed by atoms with E-state index in [2.05, 4.69) is 26.8 Å². The van der Waals surface area contributed by atoms with E-state index in [0.29, 0.717) is 21.7 Å². The monoisotopic (exact) mass is 454 g/mol. The zero-order chi connectivity index (χ0) is 20.7. The van der Waals surface area contributed by atoms with Gasteiger partial charge in [-0.2, -0.15) is 0 Å². The Labute approximate surface area is 170 Å². The van der Waals surface area contributed by atoms with Gasteiger partial charge in [0.15, 0.2) is 18.1 Å². The Morgan fingerprint density at radius 1 is 1.07 bits per heavy atom. The Kier molecular flexibility index (Phi) is 7.62. The summed E-state index contributed by atoms with van der Waals surface area (Å²) in [5, 5.41) is 0. The van der Waals surface area contributed by atoms with Gasteiger partial charge < -0.3 is 14.2 Å². The largest absolute Gasteiger partial charge is 0.493 e. The second kappa shape index (κ2) is 9.93. The van der Waals surface area contributed by atoms with Crippen LogP contribution in [0.15, 0.2) is 40.9 Å². The van der Waals surface area contributed by atoms with Crippen molar-refractivity contribution < 1.29 is 28.2 Å². The maximum Gasteiger partial charge on any atom is 0.276 e. The van der Waals surface area contributed by atoms with Crippen LogP contribution in [0.25, 0.3) is 0 Å². The van der Waals surface area contributed by atoms with Crippen molar-refractivity contribution in [3.8, 4) is 17.2 Å². The van der Waals surface area contributed by atoms with Crippen molar-refractivity contribution in [2.24, 2.45) is 0 Å². The minimum absolute atomic E-state index is 0.0472. The molecule has 150 valence electrons. The molecule has 0 aromatic heterocycles. The van der Waals surface area contributed by atoms with Gasteiger partial charge in [0.1, 0.15) is 11.6 Å². The molecule has 0 unspecified atom stereocenters. The molecule has 2 aromatic carbocycles. The summed E-state index contributed by atoms with van der Waals surface area (Å²) in [7, 11) is 1.47. The van der Waals surface area contributed by atoms with Crippen molar-refractivity contribution in [1.82, 2.24) is 10.9 Å². The van der Waals surface area contributed by atoms with E-state index in [-0.39, 0.29) is 18.3 Å². The lowest BCUT2D eigenvalue weighted by Crippen LogP contribution is -2.43. The quantitative estimate of drug-likeness (QED) is 0.627. The predicted octanol–water partition coefficient (Wildman–Crippen LogP) is 3.22. The smallest absolute Gasteiger partial charge is 0.276 e. The minimum atomic E-state index is -0.587. The minimum Gasteiger partial charge on any atom is -0.493 e. The Balaban J connectivity index is 1.89. The lowest BCUT2D eigenvalue weighted by molar-refractivity contribution is -0.123. The molecular weight excluding hydrogens is 435 g/mol. The van der Waals surface area contributed by atoms with Crippen molar-refractivity contribution in [1.29, 1.82) is 0 Å². The third kappa shape index (κ3) is 6.12. The molecule has 0 heterocycles. The molecule has 2 aromatic rings. The van der Waals surface area contributed by atoms with Gasteiger partial charge in [-0.1, -0.05) is 0 Å². The second-order valence-corrected chi connectivity index (χ2v) is 6.75. The van der Waals surface area contributed by atoms with Gasteiger partial charge in [-0.15, -0.1) is 0 Å². The van der Waals surface area contributed by atoms with E-state index in [9.17, 15) is 14.0 Å². The first-order valence-electron chi connectivity index (χ1n) is 8.32. The number of benzene rings is 2. The topological polar surface area (TPSA) is 85.9 Å². The Hall–Kier alpha value is -2.81. The van der Waals surface area contributed by atoms with Crippen LogP contribution in [-0.4, -0.2) is 31.6 Å². The zero-order valence-corrected chi connectivity index (χ0v) is 17.1. The second-order valence-electron chi connectivity index (χ2n) is 5.90. The number of hydrazine groups is 1. The van der Waals surface area contributed by atoms with E-state index in [1.165, 1.54) is 31.4 Å². The summed E-state index contributed by atoms with van der Waals surface area (Å²) in [6, 6.07) is 8.48. The molecule has 0 aliphatic rings. The molecule has 2 amide bonds. The number of amides is 2. The number of carbonyl (C=O) groups excluding carboxylic acids is 2. The normalized spacial score (nSPS) is 10.4. The predicted molar refractivity (Wildman–Crippen MR) is 104 cm³/mol. The molecule has 0 atom stereocenters. The Morgan fingerprint density at radius 2 is 1.79 bits per heavy atom. The number of carbonyl (C=O) groups is 2. The third-order valence-electron chi connectivity index (χ3n) is 3.36. The van der Waals surface area contributed by atoms with Crippen LogP contribution in [-0.2, 0) is 4.79 Å². The number of hydrogen-bond acceptors (Lipinski definition) is 5. The van der Waals surface area contributed by atoms with Gasteiger partial charge in [0.25, 0.3) is 11.8 Å². The maximum absolute atomic E-state index is 13.0. The molecule has 0 saturated carbocycles. The average molecular weight is 455 g/mol. The van der Waals surface area contributed by atoms with Gasteiger partial charge >= 0.3 is 0 Å². The molecule has 9 heteroatoms. The molecule has 0 radical (unpaired) electrons. The molecular formula is C19H20BrFN2O5. The fourth-order valence-electron chi connectivity index (χ4n) is 2.13. The number of methoxy groups -OCH3 is 1. The van der Waals surface area contributed by atoms with E-state index in [1.54, 1.807) is 12.1 Å². The van der Waals surface area contributed by atoms with Crippen molar-refractivity contribution in [2.45, 2.75) is 20.0 Å². The molecule has 0 spiro atoms. The van der Waals surface area contributed by atoms with Gasteiger partial charge in [0, 0.05) is 5.56 Å². The Bertz CT molecular complexity index is 860. The van der Waals surface area contributed by atoms with E-state index in [1.807, 2.05) is 13.8 Å². The number of nitrogens with one attached hydrogen (secondary N) is 2. The number of hydrogen-bond donors (Lipinski definition) is 2. The SMILES string of the molecule is COc1cc(C(=O)NNC(=O)COc2ccc(F)cc2Br)ccc1OC(C)C. The average Bonchev–Trinajstić information content (AvgIpc) is 2.65. The van der Waals surface area contributed by atoms with Crippen LogP contribution in [0.4, 0.5) is 4.39 Å². The fourth-order valence-corrected chi connectivity index (χ4v) is 2.60. The van der Waals surface area contributed by atoms with Crippen molar-refractivity contribution in [2.75, 3.05) is 13.7 Å². The van der Waals surface area contributed by atoms with Crippen molar-refractivity contribution in [3.63, 3.8) is 0 Å². The van der Waals surface area contributed by atoms with E-state index < -0.39 is 17.6 Å². The third-order valence-corrected chi connectivity index (χ3v) is 3.98.